The van der Waals surface area contributed by atoms with Crippen molar-refractivity contribution >= 4 is 29.1 Å². The Balaban J connectivity index is 1.50. The van der Waals surface area contributed by atoms with E-state index in [1.54, 1.807) is 12.1 Å². The Morgan fingerprint density at radius 3 is 2.38 bits per heavy atom. The predicted octanol–water partition coefficient (Wildman–Crippen LogP) is 5.38. The van der Waals surface area contributed by atoms with Crippen molar-refractivity contribution in [2.45, 2.75) is 44.1 Å². The van der Waals surface area contributed by atoms with Gasteiger partial charge in [-0.3, -0.25) is 4.79 Å². The molecule has 0 saturated heterocycles. The summed E-state index contributed by atoms with van der Waals surface area (Å²) in [7, 11) is 0. The second-order valence-electron chi connectivity index (χ2n) is 6.44. The summed E-state index contributed by atoms with van der Waals surface area (Å²) in [5, 5.41) is 4.28. The summed E-state index contributed by atoms with van der Waals surface area (Å²) >= 11 is 12.0. The van der Waals surface area contributed by atoms with E-state index in [-0.39, 0.29) is 11.9 Å². The third-order valence-electron chi connectivity index (χ3n) is 4.73. The molecule has 0 radical (unpaired) electrons. The Kier molecular flexibility index (Phi) is 5.80. The van der Waals surface area contributed by atoms with E-state index in [1.807, 2.05) is 6.07 Å². The Hall–Kier alpha value is -1.51. The molecule has 1 N–H and O–H groups in total. The van der Waals surface area contributed by atoms with Gasteiger partial charge in [0.05, 0.1) is 6.42 Å². The highest BCUT2D eigenvalue weighted by molar-refractivity contribution is 6.35. The van der Waals surface area contributed by atoms with Crippen LogP contribution in [0.3, 0.4) is 0 Å². The van der Waals surface area contributed by atoms with E-state index in [0.29, 0.717) is 22.4 Å². The van der Waals surface area contributed by atoms with Crippen LogP contribution >= 0.6 is 23.2 Å². The topological polar surface area (TPSA) is 29.1 Å². The molecule has 1 amide bonds. The third-order valence-corrected chi connectivity index (χ3v) is 5.32. The van der Waals surface area contributed by atoms with Gasteiger partial charge in [-0.2, -0.15) is 0 Å². The van der Waals surface area contributed by atoms with E-state index in [1.165, 1.54) is 5.56 Å². The van der Waals surface area contributed by atoms with Gasteiger partial charge in [0.25, 0.3) is 0 Å². The van der Waals surface area contributed by atoms with Gasteiger partial charge in [-0.15, -0.1) is 0 Å². The summed E-state index contributed by atoms with van der Waals surface area (Å²) in [6, 6.07) is 16.2. The minimum atomic E-state index is 0.0300. The van der Waals surface area contributed by atoms with Gasteiger partial charge >= 0.3 is 0 Å². The van der Waals surface area contributed by atoms with Crippen molar-refractivity contribution in [2.75, 3.05) is 0 Å². The molecule has 2 aromatic carbocycles. The predicted molar refractivity (Wildman–Crippen MR) is 99.7 cm³/mol. The van der Waals surface area contributed by atoms with Gasteiger partial charge in [0.2, 0.25) is 5.91 Å². The Bertz CT molecular complexity index is 694. The third kappa shape index (κ3) is 4.52. The van der Waals surface area contributed by atoms with Crippen LogP contribution in [-0.4, -0.2) is 11.9 Å². The van der Waals surface area contributed by atoms with Crippen molar-refractivity contribution in [3.05, 3.63) is 69.7 Å². The number of amides is 1. The number of rotatable bonds is 4. The number of benzene rings is 2. The Morgan fingerprint density at radius 1 is 1.00 bits per heavy atom. The molecule has 1 fully saturated rings. The number of carbonyl (C=O) groups excluding carboxylic acids is 1. The zero-order valence-electron chi connectivity index (χ0n) is 13.5. The first-order valence-electron chi connectivity index (χ1n) is 8.40. The fourth-order valence-electron chi connectivity index (χ4n) is 3.41. The molecule has 4 heteroatoms. The lowest BCUT2D eigenvalue weighted by Gasteiger charge is -2.29. The summed E-state index contributed by atoms with van der Waals surface area (Å²) in [6.45, 7) is 0. The van der Waals surface area contributed by atoms with Gasteiger partial charge in [0.1, 0.15) is 0 Å². The van der Waals surface area contributed by atoms with E-state index in [0.717, 1.165) is 31.2 Å². The molecule has 3 rings (SSSR count). The summed E-state index contributed by atoms with van der Waals surface area (Å²) in [5.41, 5.74) is 2.23. The van der Waals surface area contributed by atoms with E-state index < -0.39 is 0 Å². The van der Waals surface area contributed by atoms with Crippen LogP contribution in [-0.2, 0) is 11.2 Å². The SMILES string of the molecule is O=C(Cc1ccc(Cl)cc1Cl)NC1CCC(c2ccccc2)CC1. The van der Waals surface area contributed by atoms with E-state index in [9.17, 15) is 4.79 Å². The normalized spacial score (nSPS) is 20.6. The van der Waals surface area contributed by atoms with Gasteiger partial charge in [-0.1, -0.05) is 59.6 Å². The largest absolute Gasteiger partial charge is 0.353 e. The maximum absolute atomic E-state index is 12.3. The molecule has 1 saturated carbocycles. The molecule has 0 bridgehead atoms. The van der Waals surface area contributed by atoms with Crippen molar-refractivity contribution in [2.24, 2.45) is 0 Å². The molecule has 1 aliphatic rings. The van der Waals surface area contributed by atoms with Crippen LogP contribution in [0.15, 0.2) is 48.5 Å². The number of carbonyl (C=O) groups is 1. The van der Waals surface area contributed by atoms with Crippen molar-refractivity contribution in [1.82, 2.24) is 5.32 Å². The standard InChI is InChI=1S/C20H21Cl2NO/c21-17-9-6-16(19(22)13-17)12-20(24)23-18-10-7-15(8-11-18)14-4-2-1-3-5-14/h1-6,9,13,15,18H,7-8,10-12H2,(H,23,24). The number of hydrogen-bond donors (Lipinski definition) is 1. The van der Waals surface area contributed by atoms with Gasteiger partial charge in [0.15, 0.2) is 0 Å². The molecule has 1 aliphatic carbocycles. The van der Waals surface area contributed by atoms with Crippen LogP contribution in [0, 0.1) is 0 Å². The smallest absolute Gasteiger partial charge is 0.224 e. The monoisotopic (exact) mass is 361 g/mol. The second-order valence-corrected chi connectivity index (χ2v) is 7.28. The number of nitrogens with one attached hydrogen (secondary N) is 1. The number of hydrogen-bond acceptors (Lipinski definition) is 1. The molecule has 0 heterocycles. The lowest BCUT2D eigenvalue weighted by atomic mass is 9.82. The van der Waals surface area contributed by atoms with E-state index >= 15 is 0 Å². The molecule has 0 aliphatic heterocycles. The second kappa shape index (κ2) is 8.04. The van der Waals surface area contributed by atoms with Gasteiger partial charge < -0.3 is 5.32 Å². The maximum atomic E-state index is 12.3. The summed E-state index contributed by atoms with van der Waals surface area (Å²) < 4.78 is 0. The van der Waals surface area contributed by atoms with Crippen LogP contribution in [0.5, 0.6) is 0 Å². The van der Waals surface area contributed by atoms with Crippen LogP contribution in [0.25, 0.3) is 0 Å². The highest BCUT2D eigenvalue weighted by atomic mass is 35.5. The Labute approximate surface area is 153 Å². The van der Waals surface area contributed by atoms with Gasteiger partial charge in [-0.05, 0) is 54.9 Å². The quantitative estimate of drug-likeness (QED) is 0.778. The molecule has 2 nitrogen and oxygen atoms in total. The molecule has 126 valence electrons. The molecule has 0 unspecified atom stereocenters. The molecular weight excluding hydrogens is 341 g/mol. The van der Waals surface area contributed by atoms with E-state index in [2.05, 4.69) is 35.6 Å². The average Bonchev–Trinajstić information content (AvgIpc) is 2.59. The zero-order chi connectivity index (χ0) is 16.9. The first-order valence-corrected chi connectivity index (χ1v) is 9.15. The molecule has 0 spiro atoms. The Morgan fingerprint density at radius 2 is 1.71 bits per heavy atom. The number of halogens is 2. The maximum Gasteiger partial charge on any atom is 0.224 e. The van der Waals surface area contributed by atoms with Crippen molar-refractivity contribution in [3.8, 4) is 0 Å². The van der Waals surface area contributed by atoms with Crippen LogP contribution in [0.2, 0.25) is 10.0 Å². The van der Waals surface area contributed by atoms with Crippen molar-refractivity contribution in [3.63, 3.8) is 0 Å². The summed E-state index contributed by atoms with van der Waals surface area (Å²) in [6.07, 6.45) is 4.60. The zero-order valence-corrected chi connectivity index (χ0v) is 15.0. The van der Waals surface area contributed by atoms with Crippen molar-refractivity contribution < 1.29 is 4.79 Å². The molecule has 2 aromatic rings. The first kappa shape index (κ1) is 17.3. The lowest BCUT2D eigenvalue weighted by molar-refractivity contribution is -0.121. The van der Waals surface area contributed by atoms with Crippen LogP contribution in [0.1, 0.15) is 42.7 Å². The molecule has 24 heavy (non-hydrogen) atoms. The van der Waals surface area contributed by atoms with Crippen LogP contribution in [0.4, 0.5) is 0 Å². The van der Waals surface area contributed by atoms with Crippen LogP contribution < -0.4 is 5.32 Å². The highest BCUT2D eigenvalue weighted by Gasteiger charge is 2.23. The minimum absolute atomic E-state index is 0.0300. The summed E-state index contributed by atoms with van der Waals surface area (Å²) in [5.74, 6) is 0.646. The summed E-state index contributed by atoms with van der Waals surface area (Å²) in [4.78, 5) is 12.3. The molecule has 0 atom stereocenters. The first-order chi connectivity index (χ1) is 11.6. The van der Waals surface area contributed by atoms with Crippen molar-refractivity contribution in [1.29, 1.82) is 0 Å². The van der Waals surface area contributed by atoms with Gasteiger partial charge in [0, 0.05) is 16.1 Å². The highest BCUT2D eigenvalue weighted by Crippen LogP contribution is 2.32. The van der Waals surface area contributed by atoms with E-state index in [4.69, 9.17) is 23.2 Å². The minimum Gasteiger partial charge on any atom is -0.353 e. The fourth-order valence-corrected chi connectivity index (χ4v) is 3.89. The van der Waals surface area contributed by atoms with Gasteiger partial charge in [-0.25, -0.2) is 0 Å². The fraction of sp³-hybridized carbons (Fsp3) is 0.350. The molecular formula is C20H21Cl2NO. The average molecular weight is 362 g/mol. The lowest BCUT2D eigenvalue weighted by Crippen LogP contribution is -2.38. The molecule has 0 aromatic heterocycles.